The summed E-state index contributed by atoms with van der Waals surface area (Å²) in [5.41, 5.74) is 0.732. The van der Waals surface area contributed by atoms with Gasteiger partial charge in [0.2, 0.25) is 0 Å². The number of hydrogen-bond donors (Lipinski definition) is 1. The van der Waals surface area contributed by atoms with Crippen LogP contribution in [0.3, 0.4) is 0 Å². The minimum atomic E-state index is -0.693. The Morgan fingerprint density at radius 3 is 2.53 bits per heavy atom. The molecule has 1 rings (SSSR count). The fourth-order valence-corrected chi connectivity index (χ4v) is 2.37. The number of thiophene rings is 1. The number of nitrogens with zero attached hydrogens (tertiary/aromatic N) is 1. The van der Waals surface area contributed by atoms with Gasteiger partial charge in [0.25, 0.3) is 0 Å². The van der Waals surface area contributed by atoms with E-state index < -0.39 is 12.1 Å². The number of anilines is 1. The molecule has 6 nitrogen and oxygen atoms in total. The van der Waals surface area contributed by atoms with Gasteiger partial charge in [0.15, 0.2) is 0 Å². The smallest absolute Gasteiger partial charge is 0.411 e. The molecule has 0 aliphatic heterocycles. The van der Waals surface area contributed by atoms with E-state index in [2.05, 4.69) is 10.1 Å². The van der Waals surface area contributed by atoms with Gasteiger partial charge >= 0.3 is 12.1 Å². The van der Waals surface area contributed by atoms with E-state index in [1.807, 2.05) is 6.07 Å². The molecule has 102 valence electrons. The lowest BCUT2D eigenvalue weighted by Crippen LogP contribution is -2.11. The predicted molar refractivity (Wildman–Crippen MR) is 70.4 cm³/mol. The third-order valence-electron chi connectivity index (χ3n) is 2.19. The van der Waals surface area contributed by atoms with Crippen molar-refractivity contribution >= 4 is 28.4 Å². The van der Waals surface area contributed by atoms with Crippen molar-refractivity contribution in [2.45, 2.75) is 26.9 Å². The number of ether oxygens (including phenoxy) is 2. The molecule has 0 saturated carbocycles. The Kier molecular flexibility index (Phi) is 4.89. The monoisotopic (exact) mass is 282 g/mol. The van der Waals surface area contributed by atoms with Crippen LogP contribution < -0.4 is 5.32 Å². The van der Waals surface area contributed by atoms with Crippen LogP contribution in [0.1, 0.15) is 34.6 Å². The molecule has 0 radical (unpaired) electrons. The quantitative estimate of drug-likeness (QED) is 0.861. The van der Waals surface area contributed by atoms with Crippen LogP contribution in [0.15, 0.2) is 0 Å². The van der Waals surface area contributed by atoms with E-state index in [-0.39, 0.29) is 16.7 Å². The lowest BCUT2D eigenvalue weighted by Gasteiger charge is -2.06. The SMILES string of the molecule is COC(=O)Nc1sc(C(=O)OC(C)C)c(C)c1C#N. The molecule has 19 heavy (non-hydrogen) atoms. The van der Waals surface area contributed by atoms with Crippen molar-refractivity contribution in [3.8, 4) is 6.07 Å². The van der Waals surface area contributed by atoms with E-state index in [1.54, 1.807) is 20.8 Å². The highest BCUT2D eigenvalue weighted by molar-refractivity contribution is 7.18. The zero-order valence-electron chi connectivity index (χ0n) is 11.1. The Hall–Kier alpha value is -2.07. The van der Waals surface area contributed by atoms with Crippen molar-refractivity contribution in [2.24, 2.45) is 0 Å². The number of esters is 1. The van der Waals surface area contributed by atoms with E-state index in [9.17, 15) is 9.59 Å². The third kappa shape index (κ3) is 3.45. The van der Waals surface area contributed by atoms with Crippen LogP contribution in [0, 0.1) is 18.3 Å². The van der Waals surface area contributed by atoms with Gasteiger partial charge in [-0.05, 0) is 26.3 Å². The molecular weight excluding hydrogens is 268 g/mol. The molecule has 0 unspecified atom stereocenters. The van der Waals surface area contributed by atoms with Crippen molar-refractivity contribution in [1.82, 2.24) is 0 Å². The van der Waals surface area contributed by atoms with Gasteiger partial charge in [-0.15, -0.1) is 11.3 Å². The van der Waals surface area contributed by atoms with Crippen molar-refractivity contribution in [2.75, 3.05) is 12.4 Å². The number of hydrogen-bond acceptors (Lipinski definition) is 6. The summed E-state index contributed by atoms with van der Waals surface area (Å²) in [6.07, 6.45) is -0.946. The van der Waals surface area contributed by atoms with Crippen molar-refractivity contribution < 1.29 is 19.1 Å². The van der Waals surface area contributed by atoms with Gasteiger partial charge in [-0.2, -0.15) is 5.26 Å². The van der Waals surface area contributed by atoms with Gasteiger partial charge in [-0.3, -0.25) is 5.32 Å². The fraction of sp³-hybridized carbons (Fsp3) is 0.417. The predicted octanol–water partition coefficient (Wildman–Crippen LogP) is 2.67. The van der Waals surface area contributed by atoms with Gasteiger partial charge in [-0.1, -0.05) is 0 Å². The van der Waals surface area contributed by atoms with Gasteiger partial charge in [0.05, 0.1) is 18.8 Å². The number of nitriles is 1. The van der Waals surface area contributed by atoms with E-state index in [4.69, 9.17) is 10.00 Å². The topological polar surface area (TPSA) is 88.4 Å². The fourth-order valence-electron chi connectivity index (χ4n) is 1.34. The van der Waals surface area contributed by atoms with Gasteiger partial charge in [-0.25, -0.2) is 9.59 Å². The number of amides is 1. The van der Waals surface area contributed by atoms with Crippen LogP contribution >= 0.6 is 11.3 Å². The highest BCUT2D eigenvalue weighted by Gasteiger charge is 2.23. The molecule has 0 bridgehead atoms. The summed E-state index contributed by atoms with van der Waals surface area (Å²) in [6.45, 7) is 5.10. The molecular formula is C12H14N2O4S. The summed E-state index contributed by atoms with van der Waals surface area (Å²) in [6, 6.07) is 1.95. The first-order valence-corrected chi connectivity index (χ1v) is 6.31. The second kappa shape index (κ2) is 6.20. The van der Waals surface area contributed by atoms with Gasteiger partial charge < -0.3 is 9.47 Å². The molecule has 1 aromatic rings. The molecule has 7 heteroatoms. The summed E-state index contributed by atoms with van der Waals surface area (Å²) in [5, 5.41) is 11.8. The van der Waals surface area contributed by atoms with E-state index in [1.165, 1.54) is 7.11 Å². The molecule has 1 N–H and O–H groups in total. The molecule has 0 fully saturated rings. The summed E-state index contributed by atoms with van der Waals surface area (Å²) < 4.78 is 9.54. The van der Waals surface area contributed by atoms with Gasteiger partial charge in [0, 0.05) is 0 Å². The minimum absolute atomic E-state index is 0.242. The first kappa shape index (κ1) is 15.0. The summed E-state index contributed by atoms with van der Waals surface area (Å²) in [5.74, 6) is -0.507. The average Bonchev–Trinajstić information content (AvgIpc) is 2.64. The van der Waals surface area contributed by atoms with E-state index in [0.29, 0.717) is 10.4 Å². The molecule has 0 aliphatic rings. The molecule has 1 heterocycles. The molecule has 1 aromatic heterocycles. The van der Waals surface area contributed by atoms with E-state index in [0.717, 1.165) is 11.3 Å². The van der Waals surface area contributed by atoms with Gasteiger partial charge in [0.1, 0.15) is 15.9 Å². The molecule has 0 saturated heterocycles. The standard InChI is InChI=1S/C12H14N2O4S/c1-6(2)18-11(15)9-7(3)8(5-13)10(19-9)14-12(16)17-4/h6H,1-4H3,(H,14,16). The van der Waals surface area contributed by atoms with Crippen LogP contribution in [0.2, 0.25) is 0 Å². The zero-order valence-corrected chi connectivity index (χ0v) is 11.9. The summed E-state index contributed by atoms with van der Waals surface area (Å²) in [4.78, 5) is 23.3. The maximum Gasteiger partial charge on any atom is 0.411 e. The maximum atomic E-state index is 11.8. The lowest BCUT2D eigenvalue weighted by atomic mass is 10.2. The summed E-state index contributed by atoms with van der Waals surface area (Å²) in [7, 11) is 1.22. The van der Waals surface area contributed by atoms with E-state index >= 15 is 0 Å². The highest BCUT2D eigenvalue weighted by atomic mass is 32.1. The first-order chi connectivity index (χ1) is 8.90. The highest BCUT2D eigenvalue weighted by Crippen LogP contribution is 2.33. The Balaban J connectivity index is 3.12. The first-order valence-electron chi connectivity index (χ1n) is 5.50. The van der Waals surface area contributed by atoms with Crippen LogP contribution in [0.4, 0.5) is 9.80 Å². The lowest BCUT2D eigenvalue weighted by molar-refractivity contribution is 0.0383. The van der Waals surface area contributed by atoms with Crippen LogP contribution in [0.25, 0.3) is 0 Å². The zero-order chi connectivity index (χ0) is 14.6. The molecule has 0 atom stereocenters. The van der Waals surface area contributed by atoms with Crippen LogP contribution in [-0.2, 0) is 9.47 Å². The maximum absolute atomic E-state index is 11.8. The third-order valence-corrected chi connectivity index (χ3v) is 3.37. The number of nitrogens with one attached hydrogen (secondary N) is 1. The Morgan fingerprint density at radius 1 is 1.42 bits per heavy atom. The van der Waals surface area contributed by atoms with Crippen LogP contribution in [0.5, 0.6) is 0 Å². The Morgan fingerprint density at radius 2 is 2.05 bits per heavy atom. The molecule has 1 amide bonds. The normalized spacial score (nSPS) is 9.89. The Labute approximate surface area is 114 Å². The summed E-state index contributed by atoms with van der Waals surface area (Å²) >= 11 is 0.996. The number of methoxy groups -OCH3 is 1. The van der Waals surface area contributed by atoms with Crippen molar-refractivity contribution in [1.29, 1.82) is 5.26 Å². The van der Waals surface area contributed by atoms with Crippen molar-refractivity contribution in [3.63, 3.8) is 0 Å². The average molecular weight is 282 g/mol. The molecule has 0 aromatic carbocycles. The second-order valence-corrected chi connectivity index (χ2v) is 4.96. The minimum Gasteiger partial charge on any atom is -0.459 e. The number of carbonyl (C=O) groups excluding carboxylic acids is 2. The second-order valence-electron chi connectivity index (χ2n) is 3.94. The van der Waals surface area contributed by atoms with Crippen molar-refractivity contribution in [3.05, 3.63) is 16.0 Å². The number of carbonyl (C=O) groups is 2. The number of rotatable bonds is 3. The van der Waals surface area contributed by atoms with Crippen LogP contribution in [-0.4, -0.2) is 25.3 Å². The molecule has 0 aliphatic carbocycles. The largest absolute Gasteiger partial charge is 0.459 e. The Bertz CT molecular complexity index is 543. The molecule has 0 spiro atoms.